The average Bonchev–Trinajstić information content (AvgIpc) is 3.08. The molecule has 2 aromatic heterocycles. The molecule has 140 valence electrons. The summed E-state index contributed by atoms with van der Waals surface area (Å²) in [5.41, 5.74) is 4.24. The minimum absolute atomic E-state index is 0.124. The molecule has 3 heterocycles. The number of hydrogen-bond donors (Lipinski definition) is 3. The van der Waals surface area contributed by atoms with Crippen molar-refractivity contribution in [2.45, 2.75) is 32.1 Å². The first-order valence-electron chi connectivity index (χ1n) is 9.36. The SMILES string of the molecule is O=C(O)CCc1cc2cc(OCCc3ccc4c(n3)NCCC4)ccc2[nH]1. The van der Waals surface area contributed by atoms with Crippen LogP contribution in [0.4, 0.5) is 5.82 Å². The second-order valence-corrected chi connectivity index (χ2v) is 6.88. The number of fused-ring (bicyclic) bond motifs is 2. The van der Waals surface area contributed by atoms with Crippen molar-refractivity contribution in [3.05, 3.63) is 53.3 Å². The second kappa shape index (κ2) is 7.70. The standard InChI is InChI=1S/C21H23N3O3/c25-20(26)8-5-17-12-15-13-18(6-7-19(15)23-17)27-11-9-16-4-3-14-2-1-10-22-21(14)24-16/h3-4,6-7,12-13,23H,1-2,5,8-11H2,(H,22,24)(H,25,26). The summed E-state index contributed by atoms with van der Waals surface area (Å²) < 4.78 is 5.90. The number of rotatable bonds is 7. The van der Waals surface area contributed by atoms with Gasteiger partial charge in [-0.15, -0.1) is 0 Å². The Hall–Kier alpha value is -3.02. The van der Waals surface area contributed by atoms with Crippen molar-refractivity contribution >= 4 is 22.7 Å². The molecular formula is C21H23N3O3. The number of H-pyrrole nitrogens is 1. The van der Waals surface area contributed by atoms with Crippen molar-refractivity contribution in [2.24, 2.45) is 0 Å². The molecular weight excluding hydrogens is 342 g/mol. The molecule has 0 spiro atoms. The zero-order valence-corrected chi connectivity index (χ0v) is 15.1. The van der Waals surface area contributed by atoms with E-state index in [2.05, 4.69) is 27.4 Å². The Morgan fingerprint density at radius 3 is 3.00 bits per heavy atom. The molecule has 27 heavy (non-hydrogen) atoms. The Labute approximate surface area is 157 Å². The van der Waals surface area contributed by atoms with E-state index < -0.39 is 5.97 Å². The summed E-state index contributed by atoms with van der Waals surface area (Å²) in [5.74, 6) is 1.03. The number of carboxylic acid groups (broad SMARTS) is 1. The van der Waals surface area contributed by atoms with Crippen LogP contribution in [0.5, 0.6) is 5.75 Å². The molecule has 3 N–H and O–H groups in total. The summed E-state index contributed by atoms with van der Waals surface area (Å²) >= 11 is 0. The van der Waals surface area contributed by atoms with E-state index in [-0.39, 0.29) is 6.42 Å². The van der Waals surface area contributed by atoms with Crippen LogP contribution in [-0.2, 0) is 24.1 Å². The van der Waals surface area contributed by atoms with Gasteiger partial charge in [-0.05, 0) is 55.2 Å². The number of aliphatic carboxylic acids is 1. The van der Waals surface area contributed by atoms with Crippen molar-refractivity contribution in [3.63, 3.8) is 0 Å². The van der Waals surface area contributed by atoms with Crippen LogP contribution in [0.3, 0.4) is 0 Å². The van der Waals surface area contributed by atoms with Gasteiger partial charge in [0.05, 0.1) is 13.0 Å². The van der Waals surface area contributed by atoms with E-state index in [1.54, 1.807) is 0 Å². The van der Waals surface area contributed by atoms with Crippen LogP contribution in [0.1, 0.15) is 29.8 Å². The van der Waals surface area contributed by atoms with Gasteiger partial charge in [0.2, 0.25) is 0 Å². The molecule has 0 atom stereocenters. The predicted octanol–water partition coefficient (Wildman–Crippen LogP) is 3.56. The van der Waals surface area contributed by atoms with E-state index in [9.17, 15) is 4.79 Å². The third kappa shape index (κ3) is 4.22. The van der Waals surface area contributed by atoms with Crippen LogP contribution in [0, 0.1) is 0 Å². The number of pyridine rings is 1. The molecule has 0 fully saturated rings. The minimum Gasteiger partial charge on any atom is -0.493 e. The molecule has 1 aliphatic rings. The minimum atomic E-state index is -0.788. The molecule has 4 rings (SSSR count). The summed E-state index contributed by atoms with van der Waals surface area (Å²) in [7, 11) is 0. The van der Waals surface area contributed by atoms with Crippen molar-refractivity contribution in [2.75, 3.05) is 18.5 Å². The van der Waals surface area contributed by atoms with Gasteiger partial charge in [-0.25, -0.2) is 4.98 Å². The molecule has 0 amide bonds. The molecule has 0 aliphatic carbocycles. The number of benzene rings is 1. The van der Waals surface area contributed by atoms with Crippen LogP contribution in [0.2, 0.25) is 0 Å². The van der Waals surface area contributed by atoms with Gasteiger partial charge < -0.3 is 20.1 Å². The Morgan fingerprint density at radius 2 is 2.11 bits per heavy atom. The number of hydrogen-bond acceptors (Lipinski definition) is 4. The Balaban J connectivity index is 1.36. The summed E-state index contributed by atoms with van der Waals surface area (Å²) in [6, 6.07) is 12.1. The highest BCUT2D eigenvalue weighted by atomic mass is 16.5. The normalized spacial score (nSPS) is 13.2. The molecule has 0 unspecified atom stereocenters. The van der Waals surface area contributed by atoms with Gasteiger partial charge >= 0.3 is 5.97 Å². The maximum absolute atomic E-state index is 10.7. The molecule has 6 nitrogen and oxygen atoms in total. The second-order valence-electron chi connectivity index (χ2n) is 6.88. The maximum Gasteiger partial charge on any atom is 0.303 e. The lowest BCUT2D eigenvalue weighted by molar-refractivity contribution is -0.136. The zero-order valence-electron chi connectivity index (χ0n) is 15.1. The lowest BCUT2D eigenvalue weighted by Crippen LogP contribution is -2.14. The van der Waals surface area contributed by atoms with Gasteiger partial charge in [0.15, 0.2) is 0 Å². The monoisotopic (exact) mass is 365 g/mol. The number of carbonyl (C=O) groups is 1. The van der Waals surface area contributed by atoms with Crippen LogP contribution >= 0.6 is 0 Å². The smallest absolute Gasteiger partial charge is 0.303 e. The summed E-state index contributed by atoms with van der Waals surface area (Å²) in [4.78, 5) is 18.7. The van der Waals surface area contributed by atoms with Gasteiger partial charge in [0.25, 0.3) is 0 Å². The first-order valence-corrected chi connectivity index (χ1v) is 9.36. The van der Waals surface area contributed by atoms with Crippen LogP contribution in [0.25, 0.3) is 10.9 Å². The molecule has 1 aromatic carbocycles. The highest BCUT2D eigenvalue weighted by Crippen LogP contribution is 2.23. The van der Waals surface area contributed by atoms with Gasteiger partial charge in [0.1, 0.15) is 11.6 Å². The van der Waals surface area contributed by atoms with E-state index in [4.69, 9.17) is 9.84 Å². The Bertz CT molecular complexity index is 964. The van der Waals surface area contributed by atoms with Crippen molar-refractivity contribution in [1.82, 2.24) is 9.97 Å². The van der Waals surface area contributed by atoms with Crippen LogP contribution < -0.4 is 10.1 Å². The molecule has 0 radical (unpaired) electrons. The lowest BCUT2D eigenvalue weighted by atomic mass is 10.1. The van der Waals surface area contributed by atoms with E-state index in [1.165, 1.54) is 5.56 Å². The average molecular weight is 365 g/mol. The zero-order chi connectivity index (χ0) is 18.6. The third-order valence-electron chi connectivity index (χ3n) is 4.83. The molecule has 0 saturated carbocycles. The molecule has 6 heteroatoms. The summed E-state index contributed by atoms with van der Waals surface area (Å²) in [6.45, 7) is 1.55. The maximum atomic E-state index is 10.7. The van der Waals surface area contributed by atoms with Gasteiger partial charge in [0, 0.05) is 35.3 Å². The fourth-order valence-corrected chi connectivity index (χ4v) is 3.42. The molecule has 3 aromatic rings. The number of nitrogens with one attached hydrogen (secondary N) is 2. The topological polar surface area (TPSA) is 87.2 Å². The number of anilines is 1. The lowest BCUT2D eigenvalue weighted by Gasteiger charge is -2.17. The van der Waals surface area contributed by atoms with Crippen molar-refractivity contribution in [1.29, 1.82) is 0 Å². The van der Waals surface area contributed by atoms with Crippen molar-refractivity contribution in [3.8, 4) is 5.75 Å². The molecule has 1 aliphatic heterocycles. The highest BCUT2D eigenvalue weighted by Gasteiger charge is 2.10. The fraction of sp³-hybridized carbons (Fsp3) is 0.333. The molecule has 0 bridgehead atoms. The van der Waals surface area contributed by atoms with Crippen molar-refractivity contribution < 1.29 is 14.6 Å². The first kappa shape index (κ1) is 17.4. The van der Waals surface area contributed by atoms with E-state index in [0.29, 0.717) is 13.0 Å². The van der Waals surface area contributed by atoms with Gasteiger partial charge in [-0.2, -0.15) is 0 Å². The van der Waals surface area contributed by atoms with Crippen LogP contribution in [0.15, 0.2) is 36.4 Å². The summed E-state index contributed by atoms with van der Waals surface area (Å²) in [5, 5.41) is 13.2. The van der Waals surface area contributed by atoms with Gasteiger partial charge in [-0.3, -0.25) is 4.79 Å². The van der Waals surface area contributed by atoms with Gasteiger partial charge in [-0.1, -0.05) is 6.07 Å². The molecule has 0 saturated heterocycles. The quantitative estimate of drug-likeness (QED) is 0.596. The number of aromatic amines is 1. The van der Waals surface area contributed by atoms with E-state index in [0.717, 1.165) is 59.7 Å². The van der Waals surface area contributed by atoms with E-state index in [1.807, 2.05) is 24.3 Å². The van der Waals surface area contributed by atoms with Crippen LogP contribution in [-0.4, -0.2) is 34.2 Å². The number of nitrogens with zero attached hydrogens (tertiary/aromatic N) is 1. The third-order valence-corrected chi connectivity index (χ3v) is 4.83. The first-order chi connectivity index (χ1) is 13.2. The summed E-state index contributed by atoms with van der Waals surface area (Å²) in [6.07, 6.45) is 3.63. The highest BCUT2D eigenvalue weighted by molar-refractivity contribution is 5.82. The number of aromatic nitrogens is 2. The Morgan fingerprint density at radius 1 is 1.19 bits per heavy atom. The predicted molar refractivity (Wildman–Crippen MR) is 105 cm³/mol. The number of carboxylic acids is 1. The number of aryl methyl sites for hydroxylation is 2. The van der Waals surface area contributed by atoms with E-state index >= 15 is 0 Å². The largest absolute Gasteiger partial charge is 0.493 e. The Kier molecular flexibility index (Phi) is 4.96. The fourth-order valence-electron chi connectivity index (χ4n) is 3.42. The number of ether oxygens (including phenoxy) is 1.